The summed E-state index contributed by atoms with van der Waals surface area (Å²) in [5.41, 5.74) is 0.882. The van der Waals surface area contributed by atoms with Crippen molar-refractivity contribution in [3.8, 4) is 0 Å². The third-order valence-electron chi connectivity index (χ3n) is 4.88. The minimum atomic E-state index is -0.290. The average Bonchev–Trinajstić information content (AvgIpc) is 3.30. The van der Waals surface area contributed by atoms with E-state index in [1.165, 1.54) is 12.1 Å². The largest absolute Gasteiger partial charge is 0.364 e. The first-order chi connectivity index (χ1) is 11.1. The summed E-state index contributed by atoms with van der Waals surface area (Å²) in [6, 6.07) is 6.07. The van der Waals surface area contributed by atoms with E-state index in [0.29, 0.717) is 19.6 Å². The molecule has 0 radical (unpaired) electrons. The van der Waals surface area contributed by atoms with Gasteiger partial charge in [0, 0.05) is 25.6 Å². The molecule has 3 aliphatic rings. The van der Waals surface area contributed by atoms with Gasteiger partial charge in [0.15, 0.2) is 0 Å². The first-order valence-corrected chi connectivity index (χ1v) is 8.06. The Morgan fingerprint density at radius 3 is 2.65 bits per heavy atom. The van der Waals surface area contributed by atoms with E-state index < -0.39 is 0 Å². The second-order valence-corrected chi connectivity index (χ2v) is 6.58. The molecule has 1 aromatic rings. The van der Waals surface area contributed by atoms with Gasteiger partial charge in [0.25, 0.3) is 0 Å². The maximum Gasteiger partial charge on any atom is 0.249 e. The van der Waals surface area contributed by atoms with Gasteiger partial charge in [-0.25, -0.2) is 4.39 Å². The van der Waals surface area contributed by atoms with Gasteiger partial charge in [-0.05, 0) is 30.5 Å². The number of likely N-dealkylation sites (tertiary alicyclic amines) is 1. The number of hydrogen-bond acceptors (Lipinski definition) is 3. The molecular formula is C17H19FN2O3. The molecule has 2 unspecified atom stereocenters. The number of benzene rings is 1. The molecule has 2 atom stereocenters. The zero-order valence-corrected chi connectivity index (χ0v) is 12.8. The fourth-order valence-electron chi connectivity index (χ4n) is 3.43. The molecule has 1 aromatic carbocycles. The van der Waals surface area contributed by atoms with Crippen molar-refractivity contribution in [1.82, 2.24) is 9.80 Å². The Morgan fingerprint density at radius 2 is 1.96 bits per heavy atom. The standard InChI is InChI=1S/C17H19FN2O3/c18-13-5-1-11(2-6-13)7-20-14-8-19(17(22)12-3-4-12)9-15(14)23-10-16(20)21/h1-2,5-6,12,14-15H,3-4,7-10H2. The highest BCUT2D eigenvalue weighted by Crippen LogP contribution is 2.34. The highest BCUT2D eigenvalue weighted by Gasteiger charge is 2.46. The summed E-state index contributed by atoms with van der Waals surface area (Å²) >= 11 is 0. The maximum atomic E-state index is 13.0. The zero-order chi connectivity index (χ0) is 16.0. The normalized spacial score (nSPS) is 27.3. The van der Waals surface area contributed by atoms with Crippen molar-refractivity contribution in [2.45, 2.75) is 31.5 Å². The summed E-state index contributed by atoms with van der Waals surface area (Å²) in [5.74, 6) is 0.00637. The Hall–Kier alpha value is -1.95. The molecule has 2 heterocycles. The Kier molecular flexibility index (Phi) is 3.56. The lowest BCUT2D eigenvalue weighted by Gasteiger charge is -2.36. The van der Waals surface area contributed by atoms with Gasteiger partial charge in [-0.3, -0.25) is 9.59 Å². The lowest BCUT2D eigenvalue weighted by Crippen LogP contribution is -2.53. The molecule has 5 nitrogen and oxygen atoms in total. The van der Waals surface area contributed by atoms with Crippen LogP contribution < -0.4 is 0 Å². The van der Waals surface area contributed by atoms with Crippen molar-refractivity contribution in [2.24, 2.45) is 5.92 Å². The van der Waals surface area contributed by atoms with Gasteiger partial charge < -0.3 is 14.5 Å². The Morgan fingerprint density at radius 1 is 1.22 bits per heavy atom. The number of nitrogens with zero attached hydrogens (tertiary/aromatic N) is 2. The summed E-state index contributed by atoms with van der Waals surface area (Å²) in [5, 5.41) is 0. The molecule has 0 spiro atoms. The second kappa shape index (κ2) is 5.60. The van der Waals surface area contributed by atoms with Gasteiger partial charge in [0.2, 0.25) is 11.8 Å². The van der Waals surface area contributed by atoms with Gasteiger partial charge >= 0.3 is 0 Å². The van der Waals surface area contributed by atoms with Crippen molar-refractivity contribution in [2.75, 3.05) is 19.7 Å². The predicted molar refractivity (Wildman–Crippen MR) is 79.8 cm³/mol. The molecule has 0 aromatic heterocycles. The van der Waals surface area contributed by atoms with E-state index in [0.717, 1.165) is 18.4 Å². The van der Waals surface area contributed by atoms with Crippen LogP contribution in [0.1, 0.15) is 18.4 Å². The lowest BCUT2D eigenvalue weighted by atomic mass is 10.1. The van der Waals surface area contributed by atoms with Gasteiger partial charge in [-0.2, -0.15) is 0 Å². The van der Waals surface area contributed by atoms with Crippen molar-refractivity contribution in [1.29, 1.82) is 0 Å². The predicted octanol–water partition coefficient (Wildman–Crippen LogP) is 1.17. The van der Waals surface area contributed by atoms with Crippen LogP contribution in [0.3, 0.4) is 0 Å². The van der Waals surface area contributed by atoms with E-state index in [4.69, 9.17) is 4.74 Å². The number of morpholine rings is 1. The molecule has 1 saturated carbocycles. The summed E-state index contributed by atoms with van der Waals surface area (Å²) in [7, 11) is 0. The van der Waals surface area contributed by atoms with Crippen LogP contribution in [-0.4, -0.2) is 53.5 Å². The SMILES string of the molecule is O=C(C1CC1)N1CC2OCC(=O)N(Cc3ccc(F)cc3)C2C1. The minimum absolute atomic E-state index is 0.0494. The monoisotopic (exact) mass is 318 g/mol. The van der Waals surface area contributed by atoms with Crippen LogP contribution in [0.4, 0.5) is 4.39 Å². The topological polar surface area (TPSA) is 49.9 Å². The van der Waals surface area contributed by atoms with Gasteiger partial charge in [-0.1, -0.05) is 12.1 Å². The van der Waals surface area contributed by atoms with E-state index in [-0.39, 0.29) is 42.3 Å². The summed E-state index contributed by atoms with van der Waals surface area (Å²) < 4.78 is 18.7. The Balaban J connectivity index is 1.49. The zero-order valence-electron chi connectivity index (χ0n) is 12.8. The fraction of sp³-hybridized carbons (Fsp3) is 0.529. The van der Waals surface area contributed by atoms with Gasteiger partial charge in [0.05, 0.1) is 12.1 Å². The Labute approximate surface area is 134 Å². The number of hydrogen-bond donors (Lipinski definition) is 0. The number of rotatable bonds is 3. The molecule has 23 heavy (non-hydrogen) atoms. The number of carbonyl (C=O) groups is 2. The van der Waals surface area contributed by atoms with Gasteiger partial charge in [-0.15, -0.1) is 0 Å². The minimum Gasteiger partial charge on any atom is -0.364 e. The van der Waals surface area contributed by atoms with Crippen molar-refractivity contribution < 1.29 is 18.7 Å². The quantitative estimate of drug-likeness (QED) is 0.841. The van der Waals surface area contributed by atoms with Crippen molar-refractivity contribution in [3.63, 3.8) is 0 Å². The third-order valence-corrected chi connectivity index (χ3v) is 4.88. The number of ether oxygens (including phenoxy) is 1. The molecule has 0 N–H and O–H groups in total. The van der Waals surface area contributed by atoms with E-state index in [2.05, 4.69) is 0 Å². The highest BCUT2D eigenvalue weighted by atomic mass is 19.1. The summed E-state index contributed by atoms with van der Waals surface area (Å²) in [6.45, 7) is 1.57. The van der Waals surface area contributed by atoms with Crippen LogP contribution in [-0.2, 0) is 20.9 Å². The fourth-order valence-corrected chi connectivity index (χ4v) is 3.43. The van der Waals surface area contributed by atoms with Crippen LogP contribution in [0, 0.1) is 11.7 Å². The molecule has 4 rings (SSSR count). The molecule has 6 heteroatoms. The molecule has 1 aliphatic carbocycles. The number of fused-ring (bicyclic) bond motifs is 1. The molecule has 2 amide bonds. The van der Waals surface area contributed by atoms with Crippen LogP contribution in [0.25, 0.3) is 0 Å². The second-order valence-electron chi connectivity index (χ2n) is 6.58. The first kappa shape index (κ1) is 14.6. The first-order valence-electron chi connectivity index (χ1n) is 8.06. The molecular weight excluding hydrogens is 299 g/mol. The molecule has 2 saturated heterocycles. The smallest absolute Gasteiger partial charge is 0.249 e. The third kappa shape index (κ3) is 2.83. The van der Waals surface area contributed by atoms with E-state index in [1.807, 2.05) is 4.90 Å². The molecule has 0 bridgehead atoms. The number of halogens is 1. The molecule has 122 valence electrons. The van der Waals surface area contributed by atoms with Crippen LogP contribution in [0.5, 0.6) is 0 Å². The van der Waals surface area contributed by atoms with Crippen molar-refractivity contribution in [3.05, 3.63) is 35.6 Å². The van der Waals surface area contributed by atoms with Gasteiger partial charge in [0.1, 0.15) is 12.4 Å². The van der Waals surface area contributed by atoms with E-state index in [1.54, 1.807) is 17.0 Å². The van der Waals surface area contributed by atoms with Crippen LogP contribution >= 0.6 is 0 Å². The number of carbonyl (C=O) groups excluding carboxylic acids is 2. The van der Waals surface area contributed by atoms with Crippen molar-refractivity contribution >= 4 is 11.8 Å². The highest BCUT2D eigenvalue weighted by molar-refractivity contribution is 5.82. The lowest BCUT2D eigenvalue weighted by molar-refractivity contribution is -0.153. The summed E-state index contributed by atoms with van der Waals surface area (Å²) in [4.78, 5) is 28.1. The average molecular weight is 318 g/mol. The molecule has 3 fully saturated rings. The van der Waals surface area contributed by atoms with Crippen LogP contribution in [0.2, 0.25) is 0 Å². The van der Waals surface area contributed by atoms with E-state index >= 15 is 0 Å². The maximum absolute atomic E-state index is 13.0. The van der Waals surface area contributed by atoms with E-state index in [9.17, 15) is 14.0 Å². The Bertz CT molecular complexity index is 629. The molecule has 2 aliphatic heterocycles. The summed E-state index contributed by atoms with van der Waals surface area (Å²) in [6.07, 6.45) is 1.84. The number of amides is 2. The van der Waals surface area contributed by atoms with Crippen LogP contribution in [0.15, 0.2) is 24.3 Å².